The Bertz CT molecular complexity index is 432. The molecule has 2 aliphatic heterocycles. The number of carboxylic acids is 1. The molecule has 1 unspecified atom stereocenters. The molecular formula is C16H26N2O5. The summed E-state index contributed by atoms with van der Waals surface area (Å²) in [4.78, 5) is 26.9. The molecule has 2 heterocycles. The Morgan fingerprint density at radius 3 is 2.48 bits per heavy atom. The number of aliphatic carboxylic acids is 1. The first-order valence-corrected chi connectivity index (χ1v) is 8.58. The molecule has 1 atom stereocenters. The number of carboxylic acid groups (broad SMARTS) is 1. The third-order valence-electron chi connectivity index (χ3n) is 4.98. The van der Waals surface area contributed by atoms with Crippen molar-refractivity contribution in [1.29, 1.82) is 0 Å². The van der Waals surface area contributed by atoms with Crippen LogP contribution in [0.2, 0.25) is 0 Å². The summed E-state index contributed by atoms with van der Waals surface area (Å²) in [5.74, 6) is 0.0696. The zero-order valence-corrected chi connectivity index (χ0v) is 13.5. The summed E-state index contributed by atoms with van der Waals surface area (Å²) in [6.07, 6.45) is 4.45. The summed E-state index contributed by atoms with van der Waals surface area (Å²) in [7, 11) is 0. The van der Waals surface area contributed by atoms with Crippen LogP contribution in [0.5, 0.6) is 0 Å². The lowest BCUT2D eigenvalue weighted by atomic mass is 9.98. The number of nitrogens with zero attached hydrogens (tertiary/aromatic N) is 2. The van der Waals surface area contributed by atoms with E-state index in [4.69, 9.17) is 14.6 Å². The van der Waals surface area contributed by atoms with Crippen molar-refractivity contribution in [2.24, 2.45) is 11.8 Å². The van der Waals surface area contributed by atoms with Crippen LogP contribution in [0.1, 0.15) is 25.7 Å². The van der Waals surface area contributed by atoms with Crippen LogP contribution in [0, 0.1) is 11.8 Å². The number of carbonyl (C=O) groups is 2. The lowest BCUT2D eigenvalue weighted by molar-refractivity contribution is -0.142. The van der Waals surface area contributed by atoms with Crippen LogP contribution in [0.4, 0.5) is 4.79 Å². The van der Waals surface area contributed by atoms with E-state index in [1.54, 1.807) is 0 Å². The number of urea groups is 1. The molecule has 3 rings (SSSR count). The molecule has 0 aromatic heterocycles. The second-order valence-corrected chi connectivity index (χ2v) is 6.81. The van der Waals surface area contributed by atoms with E-state index in [-0.39, 0.29) is 18.7 Å². The Morgan fingerprint density at radius 2 is 1.83 bits per heavy atom. The molecule has 23 heavy (non-hydrogen) atoms. The highest BCUT2D eigenvalue weighted by Gasteiger charge is 2.37. The van der Waals surface area contributed by atoms with Crippen molar-refractivity contribution in [3.8, 4) is 0 Å². The number of ether oxygens (including phenoxy) is 2. The number of hydrogen-bond donors (Lipinski definition) is 1. The van der Waals surface area contributed by atoms with Gasteiger partial charge in [0, 0.05) is 26.2 Å². The molecule has 7 heteroatoms. The number of carbonyl (C=O) groups excluding carboxylic acids is 1. The van der Waals surface area contributed by atoms with Gasteiger partial charge in [0.15, 0.2) is 0 Å². The average Bonchev–Trinajstić information content (AvgIpc) is 3.40. The second-order valence-electron chi connectivity index (χ2n) is 6.81. The van der Waals surface area contributed by atoms with Crippen molar-refractivity contribution in [3.63, 3.8) is 0 Å². The average molecular weight is 326 g/mol. The minimum absolute atomic E-state index is 0.129. The molecule has 3 aliphatic rings. The number of morpholine rings is 1. The van der Waals surface area contributed by atoms with Gasteiger partial charge in [-0.2, -0.15) is 0 Å². The molecule has 0 bridgehead atoms. The quantitative estimate of drug-likeness (QED) is 0.816. The Labute approximate surface area is 136 Å². The molecule has 1 N–H and O–H groups in total. The standard InChI is InChI=1S/C16H26N2O5/c19-15(20)11-22-10-12-3-5-17(6-4-12)16(21)18-7-8-23-14(9-18)13-1-2-13/h12-14H,1-11H2,(H,19,20). The van der Waals surface area contributed by atoms with Gasteiger partial charge < -0.3 is 24.4 Å². The fourth-order valence-electron chi connectivity index (χ4n) is 3.41. The van der Waals surface area contributed by atoms with Gasteiger partial charge in [-0.15, -0.1) is 0 Å². The largest absolute Gasteiger partial charge is 0.480 e. The lowest BCUT2D eigenvalue weighted by Crippen LogP contribution is -2.53. The number of amides is 2. The second kappa shape index (κ2) is 7.49. The molecule has 2 saturated heterocycles. The molecule has 1 aliphatic carbocycles. The van der Waals surface area contributed by atoms with Gasteiger partial charge in [0.1, 0.15) is 6.61 Å². The monoisotopic (exact) mass is 326 g/mol. The zero-order valence-electron chi connectivity index (χ0n) is 13.5. The molecule has 130 valence electrons. The molecule has 0 aromatic carbocycles. The van der Waals surface area contributed by atoms with E-state index in [0.29, 0.717) is 31.6 Å². The number of piperidine rings is 1. The maximum absolute atomic E-state index is 12.6. The van der Waals surface area contributed by atoms with E-state index in [0.717, 1.165) is 32.5 Å². The van der Waals surface area contributed by atoms with Crippen LogP contribution in [-0.2, 0) is 14.3 Å². The van der Waals surface area contributed by atoms with Gasteiger partial charge in [0.2, 0.25) is 0 Å². The lowest BCUT2D eigenvalue weighted by Gasteiger charge is -2.39. The molecule has 0 spiro atoms. The number of rotatable bonds is 5. The third-order valence-corrected chi connectivity index (χ3v) is 4.98. The maximum Gasteiger partial charge on any atom is 0.329 e. The summed E-state index contributed by atoms with van der Waals surface area (Å²) >= 11 is 0. The van der Waals surface area contributed by atoms with E-state index in [2.05, 4.69) is 0 Å². The number of likely N-dealkylation sites (tertiary alicyclic amines) is 1. The van der Waals surface area contributed by atoms with Crippen LogP contribution in [0.3, 0.4) is 0 Å². The topological polar surface area (TPSA) is 79.3 Å². The summed E-state index contributed by atoms with van der Waals surface area (Å²) in [5, 5.41) is 8.57. The predicted octanol–water partition coefficient (Wildman–Crippen LogP) is 1.03. The van der Waals surface area contributed by atoms with Gasteiger partial charge in [-0.1, -0.05) is 0 Å². The molecule has 0 aromatic rings. The highest BCUT2D eigenvalue weighted by molar-refractivity contribution is 5.74. The van der Waals surface area contributed by atoms with Crippen LogP contribution in [-0.4, -0.2) is 79.0 Å². The van der Waals surface area contributed by atoms with Gasteiger partial charge in [-0.3, -0.25) is 0 Å². The molecule has 0 radical (unpaired) electrons. The molecule has 1 saturated carbocycles. The minimum Gasteiger partial charge on any atom is -0.480 e. The van der Waals surface area contributed by atoms with E-state index < -0.39 is 5.97 Å². The van der Waals surface area contributed by atoms with E-state index in [9.17, 15) is 9.59 Å². The molecule has 7 nitrogen and oxygen atoms in total. The van der Waals surface area contributed by atoms with Gasteiger partial charge in [0.25, 0.3) is 0 Å². The summed E-state index contributed by atoms with van der Waals surface area (Å²) in [6.45, 7) is 3.74. The van der Waals surface area contributed by atoms with Crippen LogP contribution in [0.15, 0.2) is 0 Å². The van der Waals surface area contributed by atoms with Crippen molar-refractivity contribution < 1.29 is 24.2 Å². The van der Waals surface area contributed by atoms with Gasteiger partial charge in [-0.05, 0) is 37.5 Å². The Hall–Kier alpha value is -1.34. The SMILES string of the molecule is O=C(O)COCC1CCN(C(=O)N2CCOC(C3CC3)C2)CC1. The highest BCUT2D eigenvalue weighted by atomic mass is 16.5. The number of hydrogen-bond acceptors (Lipinski definition) is 4. The van der Waals surface area contributed by atoms with Crippen molar-refractivity contribution in [1.82, 2.24) is 9.80 Å². The fourth-order valence-corrected chi connectivity index (χ4v) is 3.41. The first-order chi connectivity index (χ1) is 11.1. The fraction of sp³-hybridized carbons (Fsp3) is 0.875. The summed E-state index contributed by atoms with van der Waals surface area (Å²) in [6, 6.07) is 0.129. The smallest absolute Gasteiger partial charge is 0.329 e. The predicted molar refractivity (Wildman–Crippen MR) is 82.2 cm³/mol. The zero-order chi connectivity index (χ0) is 16.2. The Morgan fingerprint density at radius 1 is 1.09 bits per heavy atom. The van der Waals surface area contributed by atoms with E-state index in [1.807, 2.05) is 9.80 Å². The summed E-state index contributed by atoms with van der Waals surface area (Å²) in [5.41, 5.74) is 0. The van der Waals surface area contributed by atoms with Crippen molar-refractivity contribution >= 4 is 12.0 Å². The Kier molecular flexibility index (Phi) is 5.38. The first kappa shape index (κ1) is 16.5. The van der Waals surface area contributed by atoms with Gasteiger partial charge in [-0.25, -0.2) is 9.59 Å². The minimum atomic E-state index is -0.935. The van der Waals surface area contributed by atoms with E-state index in [1.165, 1.54) is 12.8 Å². The molecule has 3 fully saturated rings. The highest BCUT2D eigenvalue weighted by Crippen LogP contribution is 2.35. The third kappa shape index (κ3) is 4.57. The van der Waals surface area contributed by atoms with E-state index >= 15 is 0 Å². The maximum atomic E-state index is 12.6. The van der Waals surface area contributed by atoms with Crippen molar-refractivity contribution in [3.05, 3.63) is 0 Å². The summed E-state index contributed by atoms with van der Waals surface area (Å²) < 4.78 is 10.9. The van der Waals surface area contributed by atoms with Crippen molar-refractivity contribution in [2.45, 2.75) is 31.8 Å². The molecular weight excluding hydrogens is 300 g/mol. The normalized spacial score (nSPS) is 26.3. The molecule has 2 amide bonds. The van der Waals surface area contributed by atoms with Crippen molar-refractivity contribution in [2.75, 3.05) is 46.0 Å². The van der Waals surface area contributed by atoms with Gasteiger partial charge >= 0.3 is 12.0 Å². The first-order valence-electron chi connectivity index (χ1n) is 8.58. The van der Waals surface area contributed by atoms with Gasteiger partial charge in [0.05, 0.1) is 19.3 Å². The van der Waals surface area contributed by atoms with Crippen LogP contribution < -0.4 is 0 Å². The Balaban J connectivity index is 1.40. The van der Waals surface area contributed by atoms with Crippen LogP contribution >= 0.6 is 0 Å². The van der Waals surface area contributed by atoms with Crippen LogP contribution in [0.25, 0.3) is 0 Å².